The normalized spacial score (nSPS) is 26.8. The molecule has 0 aromatic heterocycles. The van der Waals surface area contributed by atoms with Crippen LogP contribution in [0.2, 0.25) is 0 Å². The average Bonchev–Trinajstić information content (AvgIpc) is 3.23. The molecule has 2 aromatic carbocycles. The number of aromatic hydroxyl groups is 1. The molecule has 2 fully saturated rings. The van der Waals surface area contributed by atoms with Gasteiger partial charge in [-0.3, -0.25) is 24.6 Å². The Morgan fingerprint density at radius 3 is 2.23 bits per heavy atom. The molecule has 0 spiro atoms. The molecule has 10 heteroatoms. The summed E-state index contributed by atoms with van der Waals surface area (Å²) in [4.78, 5) is 40.9. The van der Waals surface area contributed by atoms with Crippen molar-refractivity contribution in [3.8, 4) is 5.75 Å². The van der Waals surface area contributed by atoms with Gasteiger partial charge in [-0.15, -0.1) is 0 Å². The molecule has 2 saturated heterocycles. The summed E-state index contributed by atoms with van der Waals surface area (Å²) in [6.45, 7) is 4.91. The van der Waals surface area contributed by atoms with Crippen molar-refractivity contribution in [1.82, 2.24) is 10.2 Å². The molecule has 4 atom stereocenters. The van der Waals surface area contributed by atoms with Gasteiger partial charge in [0.05, 0.1) is 17.4 Å². The first kappa shape index (κ1) is 24.7. The number of alkyl halides is 3. The Morgan fingerprint density at radius 2 is 1.69 bits per heavy atom. The van der Waals surface area contributed by atoms with Crippen LogP contribution in [0.1, 0.15) is 43.5 Å². The number of phenolic OH excluding ortho intramolecular Hbond substituents is 1. The van der Waals surface area contributed by atoms with Crippen LogP contribution in [-0.4, -0.2) is 44.0 Å². The molecule has 2 heterocycles. The minimum Gasteiger partial charge on any atom is -0.508 e. The monoisotopic (exact) mass is 490 g/mol. The van der Waals surface area contributed by atoms with Crippen molar-refractivity contribution in [2.75, 3.05) is 0 Å². The Labute approximate surface area is 199 Å². The summed E-state index contributed by atoms with van der Waals surface area (Å²) in [5.74, 6) is -5.30. The molecule has 0 aliphatic carbocycles. The van der Waals surface area contributed by atoms with Gasteiger partial charge in [-0.25, -0.2) is 0 Å². The lowest BCUT2D eigenvalue weighted by molar-refractivity contribution is -0.153. The fourth-order valence-corrected chi connectivity index (χ4v) is 5.23. The van der Waals surface area contributed by atoms with Crippen LogP contribution in [0.25, 0.3) is 0 Å². The Balaban J connectivity index is 1.88. The summed E-state index contributed by atoms with van der Waals surface area (Å²) in [7, 11) is 0. The first-order valence-electron chi connectivity index (χ1n) is 11.0. The zero-order valence-corrected chi connectivity index (χ0v) is 19.3. The molecule has 3 N–H and O–H groups in total. The second-order valence-electron chi connectivity index (χ2n) is 10.1. The molecular formula is C25H25F3N2O5. The first-order valence-corrected chi connectivity index (χ1v) is 11.0. The van der Waals surface area contributed by atoms with Crippen molar-refractivity contribution in [3.05, 3.63) is 65.2 Å². The highest BCUT2D eigenvalue weighted by atomic mass is 19.4. The number of nitrogens with zero attached hydrogens (tertiary/aromatic N) is 1. The molecular weight excluding hydrogens is 465 g/mol. The second-order valence-corrected chi connectivity index (χ2v) is 10.1. The van der Waals surface area contributed by atoms with Gasteiger partial charge in [0, 0.05) is 18.0 Å². The lowest BCUT2D eigenvalue weighted by atomic mass is 9.76. The third-order valence-corrected chi connectivity index (χ3v) is 6.70. The number of hydrogen-bond acceptors (Lipinski definition) is 5. The van der Waals surface area contributed by atoms with Crippen molar-refractivity contribution >= 4 is 17.8 Å². The highest BCUT2D eigenvalue weighted by molar-refractivity contribution is 6.10. The number of benzene rings is 2. The van der Waals surface area contributed by atoms with Gasteiger partial charge >= 0.3 is 12.1 Å². The van der Waals surface area contributed by atoms with E-state index in [1.807, 2.05) is 0 Å². The number of rotatable bonds is 4. The topological polar surface area (TPSA) is 107 Å². The SMILES string of the molecule is CC(C)(C)N1C(=O)C2C(c3cccc(C(F)(F)F)c3)NC(Cc3ccc(O)cc3)(C(=O)O)C2C1=O. The average molecular weight is 490 g/mol. The number of phenols is 1. The molecule has 2 aromatic rings. The summed E-state index contributed by atoms with van der Waals surface area (Å²) in [6, 6.07) is 8.94. The number of halogens is 3. The smallest absolute Gasteiger partial charge is 0.416 e. The van der Waals surface area contributed by atoms with Crippen LogP contribution in [0.4, 0.5) is 13.2 Å². The van der Waals surface area contributed by atoms with E-state index in [4.69, 9.17) is 0 Å². The van der Waals surface area contributed by atoms with E-state index in [1.54, 1.807) is 20.8 Å². The number of likely N-dealkylation sites (tertiary alicyclic amines) is 1. The number of carboxylic acids is 1. The molecule has 0 saturated carbocycles. The van der Waals surface area contributed by atoms with Crippen molar-refractivity contribution in [3.63, 3.8) is 0 Å². The second kappa shape index (κ2) is 8.08. The van der Waals surface area contributed by atoms with Gasteiger partial charge in [-0.2, -0.15) is 13.2 Å². The van der Waals surface area contributed by atoms with Gasteiger partial charge in [0.2, 0.25) is 11.8 Å². The number of amides is 2. The summed E-state index contributed by atoms with van der Waals surface area (Å²) in [5, 5.41) is 22.9. The van der Waals surface area contributed by atoms with Crippen LogP contribution < -0.4 is 5.32 Å². The van der Waals surface area contributed by atoms with E-state index >= 15 is 0 Å². The molecule has 2 aliphatic rings. The van der Waals surface area contributed by atoms with Gasteiger partial charge in [-0.05, 0) is 56.2 Å². The fraction of sp³-hybridized carbons (Fsp3) is 0.400. The lowest BCUT2D eigenvalue weighted by Crippen LogP contribution is -2.58. The van der Waals surface area contributed by atoms with Gasteiger partial charge in [0.15, 0.2) is 0 Å². The standard InChI is InChI=1S/C25H25F3N2O5/c1-23(2,3)30-20(32)17-18(21(30)33)24(22(34)35,12-13-7-9-16(31)10-8-13)29-19(17)14-5-4-6-15(11-14)25(26,27)28/h4-11,17-19,29,31H,12H2,1-3H3,(H,34,35). The zero-order chi connectivity index (χ0) is 25.9. The minimum absolute atomic E-state index is 0.0387. The van der Waals surface area contributed by atoms with Gasteiger partial charge in [0.25, 0.3) is 0 Å². The van der Waals surface area contributed by atoms with E-state index < -0.39 is 58.5 Å². The number of carbonyl (C=O) groups excluding carboxylic acids is 2. The quantitative estimate of drug-likeness (QED) is 0.567. The maximum Gasteiger partial charge on any atom is 0.416 e. The van der Waals surface area contributed by atoms with E-state index in [9.17, 15) is 37.8 Å². The largest absolute Gasteiger partial charge is 0.508 e. The maximum absolute atomic E-state index is 13.6. The van der Waals surface area contributed by atoms with E-state index in [0.717, 1.165) is 17.0 Å². The molecule has 2 amide bonds. The highest BCUT2D eigenvalue weighted by Gasteiger charge is 2.69. The molecule has 7 nitrogen and oxygen atoms in total. The number of aliphatic carboxylic acids is 1. The molecule has 0 radical (unpaired) electrons. The van der Waals surface area contributed by atoms with Gasteiger partial charge in [-0.1, -0.05) is 24.3 Å². The fourth-order valence-electron chi connectivity index (χ4n) is 5.23. The van der Waals surface area contributed by atoms with Gasteiger partial charge < -0.3 is 10.2 Å². The first-order chi connectivity index (χ1) is 16.2. The molecule has 186 valence electrons. The summed E-state index contributed by atoms with van der Waals surface area (Å²) in [6.07, 6.45) is -4.87. The van der Waals surface area contributed by atoms with E-state index in [-0.39, 0.29) is 17.7 Å². The number of carbonyl (C=O) groups is 3. The molecule has 35 heavy (non-hydrogen) atoms. The van der Waals surface area contributed by atoms with E-state index in [1.165, 1.54) is 36.4 Å². The van der Waals surface area contributed by atoms with Crippen LogP contribution in [-0.2, 0) is 27.0 Å². The Hall–Kier alpha value is -3.40. The number of hydrogen-bond donors (Lipinski definition) is 3. The van der Waals surface area contributed by atoms with E-state index in [0.29, 0.717) is 5.56 Å². The predicted molar refractivity (Wildman–Crippen MR) is 118 cm³/mol. The molecule has 4 unspecified atom stereocenters. The van der Waals surface area contributed by atoms with E-state index in [2.05, 4.69) is 5.32 Å². The highest BCUT2D eigenvalue weighted by Crippen LogP contribution is 2.51. The number of imide groups is 1. The molecule has 0 bridgehead atoms. The summed E-state index contributed by atoms with van der Waals surface area (Å²) >= 11 is 0. The maximum atomic E-state index is 13.6. The number of fused-ring (bicyclic) bond motifs is 1. The Morgan fingerprint density at radius 1 is 1.06 bits per heavy atom. The van der Waals surface area contributed by atoms with Crippen LogP contribution >= 0.6 is 0 Å². The number of nitrogens with one attached hydrogen (secondary N) is 1. The van der Waals surface area contributed by atoms with Crippen LogP contribution in [0.15, 0.2) is 48.5 Å². The van der Waals surface area contributed by atoms with Crippen molar-refractivity contribution < 1.29 is 37.8 Å². The molecule has 4 rings (SSSR count). The van der Waals surface area contributed by atoms with Crippen molar-refractivity contribution in [1.29, 1.82) is 0 Å². The Bertz CT molecular complexity index is 1190. The van der Waals surface area contributed by atoms with Crippen molar-refractivity contribution in [2.24, 2.45) is 11.8 Å². The zero-order valence-electron chi connectivity index (χ0n) is 19.3. The lowest BCUT2D eigenvalue weighted by Gasteiger charge is -2.35. The van der Waals surface area contributed by atoms with Crippen LogP contribution in [0, 0.1) is 11.8 Å². The van der Waals surface area contributed by atoms with Crippen molar-refractivity contribution in [2.45, 2.75) is 50.5 Å². The van der Waals surface area contributed by atoms with Gasteiger partial charge in [0.1, 0.15) is 11.3 Å². The number of carboxylic acid groups (broad SMARTS) is 1. The third kappa shape index (κ3) is 4.05. The van der Waals surface area contributed by atoms with Crippen LogP contribution in [0.3, 0.4) is 0 Å². The molecule has 2 aliphatic heterocycles. The summed E-state index contributed by atoms with van der Waals surface area (Å²) in [5.41, 5.74) is -3.33. The van der Waals surface area contributed by atoms with Crippen LogP contribution in [0.5, 0.6) is 5.75 Å². The Kier molecular flexibility index (Phi) is 5.71. The minimum atomic E-state index is -4.64. The third-order valence-electron chi connectivity index (χ3n) is 6.70. The predicted octanol–water partition coefficient (Wildman–Crippen LogP) is 3.52. The summed E-state index contributed by atoms with van der Waals surface area (Å²) < 4.78 is 40.2.